The molecule has 0 N–H and O–H groups in total. The minimum absolute atomic E-state index is 0.212. The van der Waals surface area contributed by atoms with Gasteiger partial charge in [0.2, 0.25) is 0 Å². The van der Waals surface area contributed by atoms with Crippen LogP contribution in [0, 0.1) is 0 Å². The lowest BCUT2D eigenvalue weighted by atomic mass is 9.75. The zero-order valence-corrected chi connectivity index (χ0v) is 35.1. The fourth-order valence-electron chi connectivity index (χ4n) is 6.59. The molecule has 0 saturated heterocycles. The number of carbonyl (C=O) groups is 1. The Kier molecular flexibility index (Phi) is 9.47. The molecular formula is C45H50O7P2. The van der Waals surface area contributed by atoms with E-state index in [1.165, 1.54) is 0 Å². The maximum atomic E-state index is 13.2. The highest BCUT2D eigenvalue weighted by atomic mass is 31.2. The van der Waals surface area contributed by atoms with Crippen molar-refractivity contribution in [1.29, 1.82) is 0 Å². The van der Waals surface area contributed by atoms with Crippen LogP contribution >= 0.6 is 17.2 Å². The summed E-state index contributed by atoms with van der Waals surface area (Å²) in [5.41, 5.74) is 5.04. The molecule has 0 aromatic heterocycles. The third kappa shape index (κ3) is 7.38. The van der Waals surface area contributed by atoms with Gasteiger partial charge in [-0.05, 0) is 74.6 Å². The number of rotatable bonds is 5. The van der Waals surface area contributed by atoms with Crippen molar-refractivity contribution >= 4 is 33.9 Å². The Labute approximate surface area is 322 Å². The minimum atomic E-state index is -2.15. The van der Waals surface area contributed by atoms with E-state index in [4.69, 9.17) is 27.1 Å². The van der Waals surface area contributed by atoms with E-state index in [0.717, 1.165) is 55.7 Å². The van der Waals surface area contributed by atoms with Gasteiger partial charge in [0.1, 0.15) is 34.3 Å². The Morgan fingerprint density at radius 2 is 0.889 bits per heavy atom. The lowest BCUT2D eigenvalue weighted by Crippen LogP contribution is -2.21. The second-order valence-electron chi connectivity index (χ2n) is 18.2. The van der Waals surface area contributed by atoms with Crippen molar-refractivity contribution in [3.05, 3.63) is 113 Å². The normalized spacial score (nSPS) is 16.1. The van der Waals surface area contributed by atoms with E-state index in [9.17, 15) is 4.79 Å². The van der Waals surface area contributed by atoms with Crippen molar-refractivity contribution in [2.45, 2.75) is 105 Å². The number of fused-ring (bicyclic) bond motifs is 1. The summed E-state index contributed by atoms with van der Waals surface area (Å²) in [5.74, 6) is 2.61. The van der Waals surface area contributed by atoms with Crippen LogP contribution in [-0.4, -0.2) is 5.97 Å². The topological polar surface area (TPSA) is 72.5 Å². The Bertz CT molecular complexity index is 2230. The maximum absolute atomic E-state index is 13.2. The molecule has 0 fully saturated rings. The third-order valence-electron chi connectivity index (χ3n) is 9.76. The second kappa shape index (κ2) is 13.5. The first-order valence-electron chi connectivity index (χ1n) is 18.4. The molecule has 7 rings (SSSR count). The predicted molar refractivity (Wildman–Crippen MR) is 219 cm³/mol. The van der Waals surface area contributed by atoms with Gasteiger partial charge >= 0.3 is 23.2 Å². The van der Waals surface area contributed by atoms with Gasteiger partial charge in [0.15, 0.2) is 0 Å². The molecule has 282 valence electrons. The van der Waals surface area contributed by atoms with Crippen molar-refractivity contribution in [2.75, 3.05) is 0 Å². The van der Waals surface area contributed by atoms with E-state index in [1.807, 2.05) is 30.3 Å². The van der Waals surface area contributed by atoms with Gasteiger partial charge in [-0.3, -0.25) is 0 Å². The lowest BCUT2D eigenvalue weighted by Gasteiger charge is -2.34. The van der Waals surface area contributed by atoms with Gasteiger partial charge in [-0.1, -0.05) is 132 Å². The van der Waals surface area contributed by atoms with Crippen LogP contribution in [-0.2, 0) is 26.2 Å². The smallest absolute Gasteiger partial charge is 0.408 e. The molecule has 0 bridgehead atoms. The minimum Gasteiger partial charge on any atom is -0.408 e. The van der Waals surface area contributed by atoms with E-state index in [-0.39, 0.29) is 21.7 Å². The van der Waals surface area contributed by atoms with Gasteiger partial charge in [0.05, 0.1) is 5.39 Å². The quantitative estimate of drug-likeness (QED) is 0.165. The Morgan fingerprint density at radius 3 is 1.35 bits per heavy atom. The van der Waals surface area contributed by atoms with Crippen LogP contribution in [0.2, 0.25) is 0 Å². The maximum Gasteiger partial charge on any atom is 0.532 e. The Hall–Kier alpha value is -4.31. The lowest BCUT2D eigenvalue weighted by molar-refractivity contribution is 0.0697. The molecule has 0 saturated carbocycles. The number of para-hydroxylation sites is 1. The highest BCUT2D eigenvalue weighted by Crippen LogP contribution is 2.58. The van der Waals surface area contributed by atoms with Crippen molar-refractivity contribution in [3.63, 3.8) is 0 Å². The fourth-order valence-corrected chi connectivity index (χ4v) is 8.69. The second-order valence-corrected chi connectivity index (χ2v) is 20.2. The zero-order valence-electron chi connectivity index (χ0n) is 33.3. The molecule has 1 unspecified atom stereocenters. The average molecular weight is 765 g/mol. The molecule has 7 nitrogen and oxygen atoms in total. The van der Waals surface area contributed by atoms with Crippen molar-refractivity contribution in [2.24, 2.45) is 0 Å². The third-order valence-corrected chi connectivity index (χ3v) is 11.8. The molecule has 54 heavy (non-hydrogen) atoms. The molecule has 2 aliphatic heterocycles. The predicted octanol–water partition coefficient (Wildman–Crippen LogP) is 13.6. The highest BCUT2D eigenvalue weighted by Gasteiger charge is 2.38. The van der Waals surface area contributed by atoms with Gasteiger partial charge in [-0.2, -0.15) is 0 Å². The van der Waals surface area contributed by atoms with E-state index < -0.39 is 23.2 Å². The number of hydrogen-bond donors (Lipinski definition) is 0. The first-order chi connectivity index (χ1) is 25.2. The van der Waals surface area contributed by atoms with Crippen LogP contribution in [0.5, 0.6) is 28.7 Å². The summed E-state index contributed by atoms with van der Waals surface area (Å²) in [6, 6.07) is 27.9. The van der Waals surface area contributed by atoms with Gasteiger partial charge in [-0.25, -0.2) is 4.79 Å². The van der Waals surface area contributed by atoms with E-state index in [2.05, 4.69) is 119 Å². The summed E-state index contributed by atoms with van der Waals surface area (Å²) in [7, 11) is -4.07. The summed E-state index contributed by atoms with van der Waals surface area (Å²) < 4.78 is 39.1. The molecule has 2 heterocycles. The van der Waals surface area contributed by atoms with Crippen LogP contribution in [0.3, 0.4) is 0 Å². The highest BCUT2D eigenvalue weighted by molar-refractivity contribution is 7.43. The monoisotopic (exact) mass is 764 g/mol. The average Bonchev–Trinajstić information content (AvgIpc) is 3.07. The van der Waals surface area contributed by atoms with Gasteiger partial charge in [-0.15, -0.1) is 0 Å². The van der Waals surface area contributed by atoms with Crippen LogP contribution < -0.4 is 22.6 Å². The van der Waals surface area contributed by atoms with E-state index >= 15 is 0 Å². The van der Waals surface area contributed by atoms with Gasteiger partial charge in [0.25, 0.3) is 0 Å². The standard InChI is InChI=1S/C45H50O7P2/c1-42(2,3)28-23-31(39(33(25-28)44(7,8)9)50-53-48-36-21-15-17-27-18-16-22-37(49-53)38(27)36)32-24-29(43(4,5)6)26-34(45(10,11)12)40(32)51-54-47-35-20-14-13-19-30(35)41(46)52-54/h13-26H,1-12H3. The van der Waals surface area contributed by atoms with Crippen molar-refractivity contribution in [1.82, 2.24) is 0 Å². The Morgan fingerprint density at radius 1 is 0.463 bits per heavy atom. The van der Waals surface area contributed by atoms with Crippen molar-refractivity contribution < 1.29 is 31.9 Å². The number of hydrogen-bond acceptors (Lipinski definition) is 7. The summed E-state index contributed by atoms with van der Waals surface area (Å²) >= 11 is 0. The summed E-state index contributed by atoms with van der Waals surface area (Å²) in [5, 5.41) is 1.96. The fraction of sp³-hybridized carbons (Fsp3) is 0.356. The molecule has 1 atom stereocenters. The van der Waals surface area contributed by atoms with E-state index in [1.54, 1.807) is 18.2 Å². The first-order valence-corrected chi connectivity index (χ1v) is 20.6. The number of benzene rings is 5. The number of carbonyl (C=O) groups excluding carboxylic acids is 1. The van der Waals surface area contributed by atoms with Crippen molar-refractivity contribution in [3.8, 4) is 39.9 Å². The molecule has 5 aromatic rings. The Balaban J connectivity index is 1.48. The SMILES string of the molecule is CC(C)(C)c1cc(-c2cc(C(C)(C)C)cc(C(C)(C)C)c2OP2Oc3cccc4cccc(c34)O2)c(OP2OC(=O)c3ccccc3O2)c(C(C)(C)C)c1. The largest absolute Gasteiger partial charge is 0.532 e. The van der Waals surface area contributed by atoms with Gasteiger partial charge in [0, 0.05) is 22.3 Å². The summed E-state index contributed by atoms with van der Waals surface area (Å²) in [4.78, 5) is 13.2. The van der Waals surface area contributed by atoms with Crippen LogP contribution in [0.15, 0.2) is 84.9 Å². The molecule has 5 aromatic carbocycles. The summed E-state index contributed by atoms with van der Waals surface area (Å²) in [6.45, 7) is 26.3. The molecule has 0 aliphatic carbocycles. The van der Waals surface area contributed by atoms with Crippen LogP contribution in [0.1, 0.15) is 116 Å². The summed E-state index contributed by atoms with van der Waals surface area (Å²) in [6.07, 6.45) is 0. The van der Waals surface area contributed by atoms with E-state index in [0.29, 0.717) is 22.8 Å². The zero-order chi connectivity index (χ0) is 39.0. The molecule has 0 amide bonds. The molecule has 2 aliphatic rings. The molecule has 9 heteroatoms. The molecular weight excluding hydrogens is 714 g/mol. The molecule has 0 spiro atoms. The van der Waals surface area contributed by atoms with Crippen LogP contribution in [0.25, 0.3) is 21.9 Å². The van der Waals surface area contributed by atoms with Gasteiger partial charge < -0.3 is 27.1 Å². The first kappa shape index (κ1) is 38.0. The van der Waals surface area contributed by atoms with Crippen LogP contribution in [0.4, 0.5) is 0 Å². The molecule has 0 radical (unpaired) electrons.